The van der Waals surface area contributed by atoms with Gasteiger partial charge in [0.25, 0.3) is 0 Å². The van der Waals surface area contributed by atoms with E-state index < -0.39 is 84.6 Å². The molecule has 0 aliphatic carbocycles. The van der Waals surface area contributed by atoms with Crippen LogP contribution in [0.25, 0.3) is 11.2 Å². The maximum absolute atomic E-state index is 12.6. The first-order valence-electron chi connectivity index (χ1n) is 15.1. The minimum absolute atomic E-state index is 0.0221. The smallest absolute Gasteiger partial charge is 0.386 e. The molecule has 10 N–H and O–H groups in total. The first kappa shape index (κ1) is 44.0. The molecule has 2 unspecified atom stereocenters. The van der Waals surface area contributed by atoms with E-state index in [1.165, 1.54) is 13.8 Å². The molecule has 7 atom stereocenters. The Kier molecular flexibility index (Phi) is 15.4. The normalized spacial score (nSPS) is 22.4. The van der Waals surface area contributed by atoms with E-state index in [1.54, 1.807) is 6.92 Å². The third-order valence-electron chi connectivity index (χ3n) is 7.05. The van der Waals surface area contributed by atoms with Crippen molar-refractivity contribution in [2.45, 2.75) is 64.3 Å². The lowest BCUT2D eigenvalue weighted by molar-refractivity contribution is -0.137. The van der Waals surface area contributed by atoms with Gasteiger partial charge in [-0.05, 0) is 0 Å². The summed E-state index contributed by atoms with van der Waals surface area (Å²) in [7, 11) is -16.4. The molecule has 3 heterocycles. The van der Waals surface area contributed by atoms with Crippen molar-refractivity contribution in [3.05, 3.63) is 12.7 Å². The Balaban J connectivity index is 1.54. The van der Waals surface area contributed by atoms with E-state index in [4.69, 9.17) is 19.5 Å². The standard InChI is InChI=1S/C24H40N7O17P3S/c1-4-15(33)52-8-7-26-14(32)5-6-27-22(36)19(35)24(2,3)10-45-51(42,43)48-50(40,41)44-9-13-18(47-49(37,38)39)17(34)23(46-13)31-12-30-16-20(25)28-11-29-21(16)31/h11-13,17-19,23,34-35H,4-10H2,1-3H3,(H,26,32)(H,27,36)(H,40,41)(H,42,43)(H2,25,28,29)(H2,37,38,39)/t13-,17-,18-,19+,23-/m1/s1/i4+2. The molecular weight excluding hydrogens is 785 g/mol. The molecule has 2 amide bonds. The fourth-order valence-electron chi connectivity index (χ4n) is 4.40. The molecule has 2 aromatic rings. The van der Waals surface area contributed by atoms with Gasteiger partial charge in [0.15, 0.2) is 22.8 Å². The van der Waals surface area contributed by atoms with Crippen molar-refractivity contribution >= 4 is 69.1 Å². The van der Waals surface area contributed by atoms with Gasteiger partial charge in [-0.15, -0.1) is 0 Å². The van der Waals surface area contributed by atoms with Crippen LogP contribution in [-0.2, 0) is 50.7 Å². The Bertz CT molecular complexity index is 1730. The Labute approximate surface area is 299 Å². The zero-order valence-corrected chi connectivity index (χ0v) is 31.3. The number of nitrogens with one attached hydrogen (secondary N) is 2. The second kappa shape index (κ2) is 18.3. The van der Waals surface area contributed by atoms with E-state index in [-0.39, 0.29) is 41.6 Å². The first-order chi connectivity index (χ1) is 24.1. The van der Waals surface area contributed by atoms with Gasteiger partial charge in [-0.2, -0.15) is 4.31 Å². The molecular formula is C24H40N7O17P3S. The number of phosphoric ester groups is 3. The summed E-state index contributed by atoms with van der Waals surface area (Å²) in [6.07, 6.45) is -6.52. The zero-order valence-electron chi connectivity index (χ0n) is 27.8. The molecule has 2 aromatic heterocycles. The number of anilines is 1. The number of hydrogen-bond acceptors (Lipinski definition) is 18. The third kappa shape index (κ3) is 12.9. The number of aromatic nitrogens is 4. The Morgan fingerprint density at radius 3 is 2.42 bits per heavy atom. The maximum atomic E-state index is 12.6. The second-order valence-electron chi connectivity index (χ2n) is 11.6. The first-order valence-corrected chi connectivity index (χ1v) is 20.6. The Hall–Kier alpha value is -2.44. The summed E-state index contributed by atoms with van der Waals surface area (Å²) < 4.78 is 61.9. The number of fused-ring (bicyclic) bond motifs is 1. The van der Waals surface area contributed by atoms with Crippen molar-refractivity contribution in [2.75, 3.05) is 37.8 Å². The largest absolute Gasteiger partial charge is 0.481 e. The topological polar surface area (TPSA) is 364 Å². The highest BCUT2D eigenvalue weighted by Gasteiger charge is 2.50. The predicted molar refractivity (Wildman–Crippen MR) is 177 cm³/mol. The molecule has 52 heavy (non-hydrogen) atoms. The molecule has 294 valence electrons. The number of thioether (sulfide) groups is 1. The van der Waals surface area contributed by atoms with E-state index in [0.717, 1.165) is 29.0 Å². The summed E-state index contributed by atoms with van der Waals surface area (Å²) in [5.41, 5.74) is 4.26. The van der Waals surface area contributed by atoms with Gasteiger partial charge >= 0.3 is 23.5 Å². The van der Waals surface area contributed by atoms with Crippen molar-refractivity contribution < 1.29 is 80.5 Å². The zero-order chi connectivity index (χ0) is 39.1. The summed E-state index contributed by atoms with van der Waals surface area (Å²) in [4.78, 5) is 86.4. The fraction of sp³-hybridized carbons (Fsp3) is 0.667. The van der Waals surface area contributed by atoms with E-state index >= 15 is 0 Å². The average Bonchev–Trinajstić information content (AvgIpc) is 3.60. The van der Waals surface area contributed by atoms with Gasteiger partial charge in [0.05, 0.1) is 19.5 Å². The van der Waals surface area contributed by atoms with Gasteiger partial charge in [0, 0.05) is 37.1 Å². The monoisotopic (exact) mass is 825 g/mol. The van der Waals surface area contributed by atoms with Crippen LogP contribution in [0.15, 0.2) is 12.7 Å². The molecule has 0 spiro atoms. The van der Waals surface area contributed by atoms with Gasteiger partial charge in [0.1, 0.15) is 36.3 Å². The number of nitrogens with zero attached hydrogens (tertiary/aromatic N) is 4. The molecule has 1 aliphatic heterocycles. The molecule has 3 rings (SSSR count). The van der Waals surface area contributed by atoms with Gasteiger partial charge in [-0.25, -0.2) is 28.6 Å². The molecule has 1 fully saturated rings. The number of carbonyl (C=O) groups is 3. The number of nitrogens with two attached hydrogens (primary N) is 1. The summed E-state index contributed by atoms with van der Waals surface area (Å²) in [6.45, 7) is 2.24. The highest BCUT2D eigenvalue weighted by molar-refractivity contribution is 8.13. The quantitative estimate of drug-likeness (QED) is 0.0575. The van der Waals surface area contributed by atoms with Gasteiger partial charge < -0.3 is 50.9 Å². The van der Waals surface area contributed by atoms with Crippen LogP contribution < -0.4 is 16.4 Å². The number of imidazole rings is 1. The number of aliphatic hydroxyl groups is 2. The second-order valence-corrected chi connectivity index (χ2v) is 17.0. The van der Waals surface area contributed by atoms with E-state index in [2.05, 4.69) is 34.4 Å². The molecule has 0 radical (unpaired) electrons. The minimum Gasteiger partial charge on any atom is -0.386 e. The third-order valence-corrected chi connectivity index (χ3v) is 11.2. The minimum atomic E-state index is -5.56. The van der Waals surface area contributed by atoms with Crippen molar-refractivity contribution in [3.63, 3.8) is 0 Å². The average molecular weight is 826 g/mol. The van der Waals surface area contributed by atoms with Crippen LogP contribution >= 0.6 is 35.2 Å². The molecule has 0 aromatic carbocycles. The Morgan fingerprint density at radius 1 is 1.10 bits per heavy atom. The fourth-order valence-corrected chi connectivity index (χ4v) is 7.86. The summed E-state index contributed by atoms with van der Waals surface area (Å²) in [5.74, 6) is -1.07. The predicted octanol–water partition coefficient (Wildman–Crippen LogP) is -0.925. The lowest BCUT2D eigenvalue weighted by Gasteiger charge is -2.30. The number of hydrogen-bond donors (Lipinski definition) is 9. The number of nitrogen functional groups attached to an aromatic ring is 1. The summed E-state index contributed by atoms with van der Waals surface area (Å²) >= 11 is 1.07. The van der Waals surface area contributed by atoms with Crippen LogP contribution in [0.4, 0.5) is 5.82 Å². The van der Waals surface area contributed by atoms with Crippen LogP contribution in [0.3, 0.4) is 0 Å². The number of aliphatic hydroxyl groups excluding tert-OH is 2. The van der Waals surface area contributed by atoms with Gasteiger partial charge in [-0.1, -0.05) is 32.5 Å². The van der Waals surface area contributed by atoms with Crippen LogP contribution in [-0.4, -0.2) is 123 Å². The number of rotatable bonds is 20. The highest BCUT2D eigenvalue weighted by atomic mass is 32.2. The number of ether oxygens (including phenoxy) is 1. The molecule has 1 saturated heterocycles. The van der Waals surface area contributed by atoms with E-state index in [9.17, 15) is 57.9 Å². The summed E-state index contributed by atoms with van der Waals surface area (Å²) in [5, 5.41) is 26.2. The van der Waals surface area contributed by atoms with Crippen molar-refractivity contribution in [3.8, 4) is 0 Å². The van der Waals surface area contributed by atoms with E-state index in [0.29, 0.717) is 12.2 Å². The number of phosphoric acid groups is 3. The van der Waals surface area contributed by atoms with Crippen molar-refractivity contribution in [2.24, 2.45) is 5.41 Å². The lowest BCUT2D eigenvalue weighted by Crippen LogP contribution is -2.46. The molecule has 0 bridgehead atoms. The summed E-state index contributed by atoms with van der Waals surface area (Å²) in [6, 6.07) is 0. The van der Waals surface area contributed by atoms with Gasteiger partial charge in [-0.3, -0.25) is 32.5 Å². The molecule has 24 nitrogen and oxygen atoms in total. The molecule has 28 heteroatoms. The van der Waals surface area contributed by atoms with Gasteiger partial charge in [0.2, 0.25) is 11.8 Å². The number of amides is 2. The molecule has 0 saturated carbocycles. The number of carbonyl (C=O) groups excluding carboxylic acids is 3. The highest BCUT2D eigenvalue weighted by Crippen LogP contribution is 2.61. The van der Waals surface area contributed by atoms with Crippen LogP contribution in [0.1, 0.15) is 39.8 Å². The van der Waals surface area contributed by atoms with Crippen LogP contribution in [0.5, 0.6) is 0 Å². The van der Waals surface area contributed by atoms with Crippen molar-refractivity contribution in [1.29, 1.82) is 0 Å². The maximum Gasteiger partial charge on any atom is 0.481 e. The lowest BCUT2D eigenvalue weighted by atomic mass is 9.87. The van der Waals surface area contributed by atoms with Crippen LogP contribution in [0, 0.1) is 5.41 Å². The molecule has 1 aliphatic rings. The SMILES string of the molecule is C[14CH2]C(=O)SCCNC(=O)CCNC(=O)[C@H](O)C(C)(C)COP(=O)(O)OP(=O)(O)OC[C@H]1O[C@@H](n2cnc3c(N)ncnc32)[C@H](O)[C@@H]1OP(=O)(O)O. The van der Waals surface area contributed by atoms with Crippen molar-refractivity contribution in [1.82, 2.24) is 30.2 Å². The Morgan fingerprint density at radius 2 is 1.77 bits per heavy atom. The van der Waals surface area contributed by atoms with E-state index in [1.807, 2.05) is 0 Å². The van der Waals surface area contributed by atoms with Crippen LogP contribution in [0.2, 0.25) is 0 Å².